The van der Waals surface area contributed by atoms with Gasteiger partial charge in [-0.15, -0.1) is 0 Å². The third-order valence-electron chi connectivity index (χ3n) is 6.15. The number of anilines is 1. The number of carbonyl (C=O) groups excluding carboxylic acids is 2. The first kappa shape index (κ1) is 25.0. The molecule has 4 rings (SSSR count). The summed E-state index contributed by atoms with van der Waals surface area (Å²) in [6, 6.07) is 16.7. The number of amides is 2. The fourth-order valence-corrected chi connectivity index (χ4v) is 4.28. The van der Waals surface area contributed by atoms with Crippen molar-refractivity contribution in [1.29, 1.82) is 0 Å². The molecular weight excluding hydrogens is 456 g/mol. The second-order valence-electron chi connectivity index (χ2n) is 9.08. The first-order valence-electron chi connectivity index (χ1n) is 11.9. The molecule has 1 aromatic heterocycles. The van der Waals surface area contributed by atoms with Crippen LogP contribution in [-0.4, -0.2) is 65.1 Å². The molecule has 1 aliphatic rings. The van der Waals surface area contributed by atoms with E-state index in [2.05, 4.69) is 0 Å². The van der Waals surface area contributed by atoms with Gasteiger partial charge in [-0.3, -0.25) is 9.59 Å². The Balaban J connectivity index is 1.49. The Morgan fingerprint density at radius 3 is 2.31 bits per heavy atom. The van der Waals surface area contributed by atoms with Crippen LogP contribution in [0.25, 0.3) is 11.3 Å². The van der Waals surface area contributed by atoms with Gasteiger partial charge in [-0.05, 0) is 63.3 Å². The number of para-hydroxylation sites is 1. The maximum absolute atomic E-state index is 12.5. The van der Waals surface area contributed by atoms with Crippen molar-refractivity contribution in [1.82, 2.24) is 19.6 Å². The summed E-state index contributed by atoms with van der Waals surface area (Å²) < 4.78 is 7.54. The van der Waals surface area contributed by atoms with Crippen molar-refractivity contribution in [3.63, 3.8) is 0 Å². The van der Waals surface area contributed by atoms with Crippen LogP contribution in [0.2, 0.25) is 0 Å². The number of likely N-dealkylation sites (N-methyl/N-ethyl adjacent to an activating group) is 1. The highest BCUT2D eigenvalue weighted by molar-refractivity contribution is 6.03. The number of carbonyl (C=O) groups is 2. The minimum Gasteiger partial charge on any atom is -0.457 e. The second kappa shape index (κ2) is 11.1. The third kappa shape index (κ3) is 5.75. The monoisotopic (exact) mass is 488 g/mol. The molecule has 9 nitrogen and oxygen atoms in total. The lowest BCUT2D eigenvalue weighted by Gasteiger charge is -2.31. The van der Waals surface area contributed by atoms with E-state index < -0.39 is 5.91 Å². The zero-order chi connectivity index (χ0) is 25.7. The standard InChI is InChI=1S/C27H32N6O3/c1-31(2)16-6-9-23(34)32-17-14-20(15-18-32)33-26(28)24(27(29)35)25(30-33)19-10-12-22(13-11-19)36-21-7-4-3-5-8-21/h3-13,20H,14-18,28H2,1-2H3,(H2,29,35). The molecule has 0 aliphatic carbocycles. The molecule has 3 aromatic rings. The predicted molar refractivity (Wildman–Crippen MR) is 140 cm³/mol. The normalized spacial score (nSPS) is 14.5. The number of hydrogen-bond acceptors (Lipinski definition) is 6. The van der Waals surface area contributed by atoms with E-state index in [0.29, 0.717) is 49.5 Å². The Hall–Kier alpha value is -4.11. The van der Waals surface area contributed by atoms with Crippen LogP contribution in [-0.2, 0) is 4.79 Å². The summed E-state index contributed by atoms with van der Waals surface area (Å²) in [6.07, 6.45) is 4.85. The highest BCUT2D eigenvalue weighted by Crippen LogP contribution is 2.33. The van der Waals surface area contributed by atoms with Crippen molar-refractivity contribution < 1.29 is 14.3 Å². The second-order valence-corrected chi connectivity index (χ2v) is 9.08. The van der Waals surface area contributed by atoms with E-state index in [9.17, 15) is 9.59 Å². The lowest BCUT2D eigenvalue weighted by Crippen LogP contribution is -2.38. The fourth-order valence-electron chi connectivity index (χ4n) is 4.28. The maximum Gasteiger partial charge on any atom is 0.254 e. The Bertz CT molecular complexity index is 1230. The summed E-state index contributed by atoms with van der Waals surface area (Å²) in [5, 5.41) is 4.70. The van der Waals surface area contributed by atoms with Crippen LogP contribution < -0.4 is 16.2 Å². The van der Waals surface area contributed by atoms with Crippen molar-refractivity contribution in [3.05, 3.63) is 72.3 Å². The third-order valence-corrected chi connectivity index (χ3v) is 6.15. The quantitative estimate of drug-likeness (QED) is 0.470. The summed E-state index contributed by atoms with van der Waals surface area (Å²) in [7, 11) is 3.91. The van der Waals surface area contributed by atoms with Crippen molar-refractivity contribution in [2.24, 2.45) is 5.73 Å². The molecule has 1 fully saturated rings. The van der Waals surface area contributed by atoms with Gasteiger partial charge in [0.15, 0.2) is 0 Å². The average Bonchev–Trinajstić information content (AvgIpc) is 3.22. The molecule has 0 spiro atoms. The van der Waals surface area contributed by atoms with Gasteiger partial charge in [0.1, 0.15) is 28.6 Å². The average molecular weight is 489 g/mol. The summed E-state index contributed by atoms with van der Waals surface area (Å²) >= 11 is 0. The number of piperidine rings is 1. The molecule has 0 unspecified atom stereocenters. The van der Waals surface area contributed by atoms with Crippen LogP contribution in [0.3, 0.4) is 0 Å². The molecule has 2 heterocycles. The van der Waals surface area contributed by atoms with Crippen LogP contribution in [0.4, 0.5) is 5.82 Å². The smallest absolute Gasteiger partial charge is 0.254 e. The zero-order valence-electron chi connectivity index (χ0n) is 20.6. The molecule has 2 amide bonds. The van der Waals surface area contributed by atoms with Crippen molar-refractivity contribution in [2.75, 3.05) is 39.5 Å². The number of nitrogen functional groups attached to an aromatic ring is 1. The summed E-state index contributed by atoms with van der Waals surface area (Å²) in [5.74, 6) is 1.01. The first-order chi connectivity index (χ1) is 17.3. The summed E-state index contributed by atoms with van der Waals surface area (Å²) in [5.41, 5.74) is 13.4. The fraction of sp³-hybridized carbons (Fsp3) is 0.296. The van der Waals surface area contributed by atoms with Gasteiger partial charge in [0.05, 0.1) is 6.04 Å². The maximum atomic E-state index is 12.5. The Labute approximate surface area is 210 Å². The van der Waals surface area contributed by atoms with Crippen LogP contribution in [0.1, 0.15) is 29.2 Å². The molecule has 4 N–H and O–H groups in total. The van der Waals surface area contributed by atoms with E-state index in [1.807, 2.05) is 84.6 Å². The Morgan fingerprint density at radius 1 is 1.06 bits per heavy atom. The van der Waals surface area contributed by atoms with Gasteiger partial charge in [-0.25, -0.2) is 4.68 Å². The molecular formula is C27H32N6O3. The van der Waals surface area contributed by atoms with Crippen molar-refractivity contribution >= 4 is 17.6 Å². The van der Waals surface area contributed by atoms with Crippen molar-refractivity contribution in [3.8, 4) is 22.8 Å². The van der Waals surface area contributed by atoms with Gasteiger partial charge in [0.25, 0.3) is 5.91 Å². The highest BCUT2D eigenvalue weighted by Gasteiger charge is 2.29. The lowest BCUT2D eigenvalue weighted by atomic mass is 10.0. The number of aromatic nitrogens is 2. The topological polar surface area (TPSA) is 120 Å². The summed E-state index contributed by atoms with van der Waals surface area (Å²) in [4.78, 5) is 28.6. The van der Waals surface area contributed by atoms with E-state index >= 15 is 0 Å². The zero-order valence-corrected chi connectivity index (χ0v) is 20.6. The number of rotatable bonds is 8. The SMILES string of the molecule is CN(C)CC=CC(=O)N1CCC(n2nc(-c3ccc(Oc4ccccc4)cc3)c(C(N)=O)c2N)CC1. The van der Waals surface area contributed by atoms with Gasteiger partial charge in [0.2, 0.25) is 5.91 Å². The van der Waals surface area contributed by atoms with Gasteiger partial charge in [0, 0.05) is 31.3 Å². The largest absolute Gasteiger partial charge is 0.457 e. The summed E-state index contributed by atoms with van der Waals surface area (Å²) in [6.45, 7) is 1.88. The molecule has 0 atom stereocenters. The van der Waals surface area contributed by atoms with Crippen molar-refractivity contribution in [2.45, 2.75) is 18.9 Å². The predicted octanol–water partition coefficient (Wildman–Crippen LogP) is 3.30. The molecule has 2 aromatic carbocycles. The molecule has 1 saturated heterocycles. The van der Waals surface area contributed by atoms with Gasteiger partial charge in [-0.2, -0.15) is 5.10 Å². The van der Waals surface area contributed by atoms with Gasteiger partial charge >= 0.3 is 0 Å². The number of likely N-dealkylation sites (tertiary alicyclic amines) is 1. The minimum atomic E-state index is -0.628. The molecule has 0 bridgehead atoms. The lowest BCUT2D eigenvalue weighted by molar-refractivity contribution is -0.127. The highest BCUT2D eigenvalue weighted by atomic mass is 16.5. The van der Waals surface area contributed by atoms with Gasteiger partial charge in [-0.1, -0.05) is 24.3 Å². The van der Waals surface area contributed by atoms with E-state index in [-0.39, 0.29) is 23.3 Å². The Kier molecular flexibility index (Phi) is 7.70. The van der Waals surface area contributed by atoms with Crippen LogP contribution in [0.15, 0.2) is 66.7 Å². The van der Waals surface area contributed by atoms with Crippen LogP contribution in [0, 0.1) is 0 Å². The minimum absolute atomic E-state index is 0.0000580. The number of benzene rings is 2. The number of nitrogens with zero attached hydrogens (tertiary/aromatic N) is 4. The molecule has 9 heteroatoms. The number of nitrogens with two attached hydrogens (primary N) is 2. The molecule has 1 aliphatic heterocycles. The molecule has 188 valence electrons. The van der Waals surface area contributed by atoms with E-state index in [1.165, 1.54) is 0 Å². The Morgan fingerprint density at radius 2 is 1.69 bits per heavy atom. The molecule has 0 saturated carbocycles. The van der Waals surface area contributed by atoms with E-state index in [4.69, 9.17) is 21.3 Å². The van der Waals surface area contributed by atoms with Gasteiger partial charge < -0.3 is 26.0 Å². The first-order valence-corrected chi connectivity index (χ1v) is 11.9. The molecule has 36 heavy (non-hydrogen) atoms. The number of hydrogen-bond donors (Lipinski definition) is 2. The van der Waals surface area contributed by atoms with E-state index in [0.717, 1.165) is 5.75 Å². The van der Waals surface area contributed by atoms with E-state index in [1.54, 1.807) is 10.8 Å². The number of ether oxygens (including phenoxy) is 1. The van der Waals surface area contributed by atoms with Crippen LogP contribution in [0.5, 0.6) is 11.5 Å². The number of primary amides is 1. The van der Waals surface area contributed by atoms with Crippen LogP contribution >= 0.6 is 0 Å². The molecule has 0 radical (unpaired) electrons.